The summed E-state index contributed by atoms with van der Waals surface area (Å²) in [6.07, 6.45) is 0. The molecule has 0 aliphatic heterocycles. The van der Waals surface area contributed by atoms with Crippen LogP contribution in [0.1, 0.15) is 22.3 Å². The molecular weight excluding hydrogens is 316 g/mol. The van der Waals surface area contributed by atoms with E-state index in [1.54, 1.807) is 0 Å². The quantitative estimate of drug-likeness (QED) is 0.430. The molecular formula is C24H14N2. The Labute approximate surface area is 152 Å². The van der Waals surface area contributed by atoms with Crippen molar-refractivity contribution >= 4 is 16.7 Å². The Morgan fingerprint density at radius 1 is 0.692 bits per heavy atom. The molecule has 2 heteroatoms. The maximum atomic E-state index is 9.59. The summed E-state index contributed by atoms with van der Waals surface area (Å²) < 4.78 is 0. The molecule has 0 unspecified atom stereocenters. The Kier molecular flexibility index (Phi) is 3.94. The molecule has 0 saturated heterocycles. The summed E-state index contributed by atoms with van der Waals surface area (Å²) in [6.45, 7) is 7.51. The van der Waals surface area contributed by atoms with Gasteiger partial charge in [0.25, 0.3) is 5.70 Å². The van der Waals surface area contributed by atoms with E-state index in [4.69, 9.17) is 6.57 Å². The minimum atomic E-state index is 0.127. The molecule has 1 aliphatic rings. The fourth-order valence-corrected chi connectivity index (χ4v) is 3.49. The van der Waals surface area contributed by atoms with Crippen molar-refractivity contribution in [3.63, 3.8) is 0 Å². The van der Waals surface area contributed by atoms with Gasteiger partial charge in [-0.3, -0.25) is 0 Å². The first-order valence-corrected chi connectivity index (χ1v) is 8.32. The van der Waals surface area contributed by atoms with Crippen LogP contribution in [-0.2, 0) is 0 Å². The summed E-state index contributed by atoms with van der Waals surface area (Å²) >= 11 is 0. The van der Waals surface area contributed by atoms with Gasteiger partial charge in [0.1, 0.15) is 0 Å². The lowest BCUT2D eigenvalue weighted by atomic mass is 9.92. The van der Waals surface area contributed by atoms with Crippen LogP contribution in [0.25, 0.3) is 21.6 Å². The van der Waals surface area contributed by atoms with Crippen LogP contribution in [0.5, 0.6) is 0 Å². The molecule has 0 amide bonds. The molecule has 0 radical (unpaired) electrons. The molecule has 0 saturated carbocycles. The SMILES string of the molecule is [C-]#[N+]C(C#N)=C1C(c2ccccc2)=C(c2ccccc2)c2ccccc21. The molecule has 1 aliphatic carbocycles. The Hall–Kier alpha value is -3.88. The van der Waals surface area contributed by atoms with Crippen LogP contribution in [0.2, 0.25) is 0 Å². The highest BCUT2D eigenvalue weighted by atomic mass is 14.7. The molecule has 26 heavy (non-hydrogen) atoms. The molecule has 0 spiro atoms. The lowest BCUT2D eigenvalue weighted by Gasteiger charge is -2.11. The topological polar surface area (TPSA) is 28.1 Å². The van der Waals surface area contributed by atoms with Gasteiger partial charge in [-0.25, -0.2) is 10.1 Å². The third kappa shape index (κ3) is 2.42. The van der Waals surface area contributed by atoms with Crippen molar-refractivity contribution in [1.82, 2.24) is 0 Å². The van der Waals surface area contributed by atoms with E-state index in [0.29, 0.717) is 0 Å². The van der Waals surface area contributed by atoms with Crippen LogP contribution >= 0.6 is 0 Å². The van der Waals surface area contributed by atoms with Gasteiger partial charge in [0.15, 0.2) is 0 Å². The smallest absolute Gasteiger partial charge is 0.226 e. The Balaban J connectivity index is 2.17. The van der Waals surface area contributed by atoms with Crippen molar-refractivity contribution in [2.45, 2.75) is 0 Å². The van der Waals surface area contributed by atoms with Crippen molar-refractivity contribution in [2.24, 2.45) is 0 Å². The summed E-state index contributed by atoms with van der Waals surface area (Å²) in [5, 5.41) is 9.59. The second kappa shape index (κ2) is 6.55. The van der Waals surface area contributed by atoms with E-state index in [1.165, 1.54) is 0 Å². The molecule has 120 valence electrons. The summed E-state index contributed by atoms with van der Waals surface area (Å²) in [6, 6.07) is 30.2. The third-order valence-electron chi connectivity index (χ3n) is 4.55. The number of benzene rings is 3. The maximum Gasteiger partial charge on any atom is 0.270 e. The van der Waals surface area contributed by atoms with Gasteiger partial charge in [-0.1, -0.05) is 84.9 Å². The zero-order valence-corrected chi connectivity index (χ0v) is 14.0. The average molecular weight is 330 g/mol. The molecule has 3 aromatic carbocycles. The van der Waals surface area contributed by atoms with Gasteiger partial charge in [-0.2, -0.15) is 0 Å². The Bertz CT molecular complexity index is 1110. The minimum absolute atomic E-state index is 0.127. The van der Waals surface area contributed by atoms with E-state index >= 15 is 0 Å². The molecule has 3 aromatic rings. The second-order valence-corrected chi connectivity index (χ2v) is 5.97. The zero-order valence-electron chi connectivity index (χ0n) is 14.0. The fraction of sp³-hybridized carbons (Fsp3) is 0. The zero-order chi connectivity index (χ0) is 17.9. The average Bonchev–Trinajstić information content (AvgIpc) is 3.06. The van der Waals surface area contributed by atoms with Crippen LogP contribution in [0.3, 0.4) is 0 Å². The molecule has 0 aromatic heterocycles. The minimum Gasteiger partial charge on any atom is -0.226 e. The van der Waals surface area contributed by atoms with E-state index in [0.717, 1.165) is 39.0 Å². The largest absolute Gasteiger partial charge is 0.270 e. The van der Waals surface area contributed by atoms with Crippen molar-refractivity contribution in [1.29, 1.82) is 5.26 Å². The molecule has 0 fully saturated rings. The van der Waals surface area contributed by atoms with Gasteiger partial charge >= 0.3 is 0 Å². The van der Waals surface area contributed by atoms with Gasteiger partial charge in [0.05, 0.1) is 12.6 Å². The van der Waals surface area contributed by atoms with Crippen LogP contribution in [0.4, 0.5) is 0 Å². The summed E-state index contributed by atoms with van der Waals surface area (Å²) in [5.41, 5.74) is 6.96. The molecule has 2 nitrogen and oxygen atoms in total. The monoisotopic (exact) mass is 330 g/mol. The number of fused-ring (bicyclic) bond motifs is 1. The third-order valence-corrected chi connectivity index (χ3v) is 4.55. The lowest BCUT2D eigenvalue weighted by molar-refractivity contribution is 1.49. The first kappa shape index (κ1) is 15.6. The fourth-order valence-electron chi connectivity index (χ4n) is 3.49. The number of nitrogens with zero attached hydrogens (tertiary/aromatic N) is 2. The highest BCUT2D eigenvalue weighted by Crippen LogP contribution is 2.50. The van der Waals surface area contributed by atoms with Gasteiger partial charge in [0, 0.05) is 5.57 Å². The van der Waals surface area contributed by atoms with Crippen LogP contribution in [0.15, 0.2) is 90.6 Å². The number of rotatable bonds is 2. The highest BCUT2D eigenvalue weighted by Gasteiger charge is 2.30. The predicted octanol–water partition coefficient (Wildman–Crippen LogP) is 5.81. The standard InChI is InChI=1S/C24H14N2/c1-26-21(16-25)24-20-15-9-8-14-19(20)22(17-10-4-2-5-11-17)23(24)18-12-6-3-7-13-18/h2-15H. The van der Waals surface area contributed by atoms with E-state index < -0.39 is 0 Å². The van der Waals surface area contributed by atoms with Crippen LogP contribution in [0, 0.1) is 17.9 Å². The van der Waals surface area contributed by atoms with Crippen molar-refractivity contribution in [3.8, 4) is 6.07 Å². The maximum absolute atomic E-state index is 9.59. The second-order valence-electron chi connectivity index (χ2n) is 5.97. The normalized spacial score (nSPS) is 14.4. The van der Waals surface area contributed by atoms with E-state index in [-0.39, 0.29) is 5.70 Å². The lowest BCUT2D eigenvalue weighted by Crippen LogP contribution is -1.90. The predicted molar refractivity (Wildman–Crippen MR) is 104 cm³/mol. The highest BCUT2D eigenvalue weighted by molar-refractivity contribution is 6.25. The summed E-state index contributed by atoms with van der Waals surface area (Å²) in [7, 11) is 0. The number of nitriles is 1. The van der Waals surface area contributed by atoms with Gasteiger partial charge in [-0.15, -0.1) is 0 Å². The summed E-state index contributed by atoms with van der Waals surface area (Å²) in [4.78, 5) is 3.53. The van der Waals surface area contributed by atoms with Gasteiger partial charge < -0.3 is 0 Å². The van der Waals surface area contributed by atoms with Crippen LogP contribution in [-0.4, -0.2) is 0 Å². The molecule has 0 N–H and O–H groups in total. The number of hydrogen-bond acceptors (Lipinski definition) is 1. The Morgan fingerprint density at radius 3 is 1.73 bits per heavy atom. The van der Waals surface area contributed by atoms with Crippen LogP contribution < -0.4 is 0 Å². The molecule has 0 heterocycles. The van der Waals surface area contributed by atoms with E-state index in [9.17, 15) is 5.26 Å². The van der Waals surface area contributed by atoms with Crippen molar-refractivity contribution in [3.05, 3.63) is 124 Å². The van der Waals surface area contributed by atoms with Gasteiger partial charge in [-0.05, 0) is 33.4 Å². The molecule has 4 rings (SSSR count). The first-order chi connectivity index (χ1) is 12.8. The molecule has 0 atom stereocenters. The first-order valence-electron chi connectivity index (χ1n) is 8.32. The number of hydrogen-bond donors (Lipinski definition) is 0. The van der Waals surface area contributed by atoms with Crippen molar-refractivity contribution in [2.75, 3.05) is 0 Å². The van der Waals surface area contributed by atoms with E-state index in [2.05, 4.69) is 29.1 Å². The summed E-state index contributed by atoms with van der Waals surface area (Å²) in [5.74, 6) is 0. The number of allylic oxidation sites excluding steroid dienone is 3. The molecule has 0 bridgehead atoms. The van der Waals surface area contributed by atoms with Gasteiger partial charge in [0.2, 0.25) is 0 Å². The Morgan fingerprint density at radius 2 is 1.19 bits per heavy atom. The van der Waals surface area contributed by atoms with Crippen molar-refractivity contribution < 1.29 is 0 Å². The van der Waals surface area contributed by atoms with E-state index in [1.807, 2.05) is 66.7 Å².